The fourth-order valence-corrected chi connectivity index (χ4v) is 3.33. The minimum atomic E-state index is -0.0707. The summed E-state index contributed by atoms with van der Waals surface area (Å²) in [6.45, 7) is 5.23. The quantitative estimate of drug-likeness (QED) is 0.693. The van der Waals surface area contributed by atoms with Crippen LogP contribution >= 0.6 is 0 Å². The van der Waals surface area contributed by atoms with Crippen molar-refractivity contribution >= 4 is 0 Å². The number of rotatable bonds is 5. The third-order valence-electron chi connectivity index (χ3n) is 4.76. The standard InChI is InChI=1S/C18H22N6O2/c1-14-11-19-17(26-14)13-22-9-5-15(6-10-22)12-24-18(25)4-3-16(21-24)23-8-2-7-20-23/h2-4,7-8,11,15H,5-6,9-10,12-13H2,1H3. The van der Waals surface area contributed by atoms with E-state index in [1.165, 1.54) is 0 Å². The van der Waals surface area contributed by atoms with Crippen LogP contribution in [0.3, 0.4) is 0 Å². The molecule has 0 atom stereocenters. The largest absolute Gasteiger partial charge is 0.445 e. The monoisotopic (exact) mass is 354 g/mol. The third-order valence-corrected chi connectivity index (χ3v) is 4.76. The molecule has 0 radical (unpaired) electrons. The smallest absolute Gasteiger partial charge is 0.266 e. The van der Waals surface area contributed by atoms with Crippen LogP contribution in [-0.2, 0) is 13.1 Å². The molecule has 1 aliphatic heterocycles. The molecule has 136 valence electrons. The molecule has 4 rings (SSSR count). The third kappa shape index (κ3) is 3.75. The molecule has 4 heterocycles. The zero-order chi connectivity index (χ0) is 17.9. The average Bonchev–Trinajstić information content (AvgIpc) is 3.31. The first kappa shape index (κ1) is 16.7. The van der Waals surface area contributed by atoms with Crippen LogP contribution in [0, 0.1) is 12.8 Å². The van der Waals surface area contributed by atoms with Gasteiger partial charge in [0.05, 0.1) is 12.7 Å². The fraction of sp³-hybridized carbons (Fsp3) is 0.444. The van der Waals surface area contributed by atoms with Gasteiger partial charge in [0.1, 0.15) is 5.76 Å². The second-order valence-corrected chi connectivity index (χ2v) is 6.75. The molecular formula is C18H22N6O2. The van der Waals surface area contributed by atoms with E-state index in [4.69, 9.17) is 4.42 Å². The summed E-state index contributed by atoms with van der Waals surface area (Å²) in [4.78, 5) is 18.8. The Balaban J connectivity index is 1.37. The van der Waals surface area contributed by atoms with E-state index >= 15 is 0 Å². The Hall–Kier alpha value is -2.74. The highest BCUT2D eigenvalue weighted by Gasteiger charge is 2.21. The molecular weight excluding hydrogens is 332 g/mol. The lowest BCUT2D eigenvalue weighted by Gasteiger charge is -2.31. The Kier molecular flexibility index (Phi) is 4.66. The predicted octanol–water partition coefficient (Wildman–Crippen LogP) is 1.64. The van der Waals surface area contributed by atoms with Crippen molar-refractivity contribution in [3.8, 4) is 5.82 Å². The lowest BCUT2D eigenvalue weighted by atomic mass is 9.97. The first-order valence-corrected chi connectivity index (χ1v) is 8.89. The number of hydrogen-bond acceptors (Lipinski definition) is 6. The van der Waals surface area contributed by atoms with Crippen molar-refractivity contribution in [1.82, 2.24) is 29.4 Å². The molecule has 0 N–H and O–H groups in total. The summed E-state index contributed by atoms with van der Waals surface area (Å²) in [6, 6.07) is 5.10. The number of hydrogen-bond donors (Lipinski definition) is 0. The first-order valence-electron chi connectivity index (χ1n) is 8.89. The van der Waals surface area contributed by atoms with E-state index in [1.807, 2.05) is 19.2 Å². The molecule has 26 heavy (non-hydrogen) atoms. The molecule has 0 spiro atoms. The highest BCUT2D eigenvalue weighted by Crippen LogP contribution is 2.20. The van der Waals surface area contributed by atoms with Crippen LogP contribution in [0.2, 0.25) is 0 Å². The summed E-state index contributed by atoms with van der Waals surface area (Å²) in [5, 5.41) is 8.64. The highest BCUT2D eigenvalue weighted by molar-refractivity contribution is 5.17. The Morgan fingerprint density at radius 2 is 2.12 bits per heavy atom. The number of piperidine rings is 1. The summed E-state index contributed by atoms with van der Waals surface area (Å²) in [5.74, 6) is 2.71. The predicted molar refractivity (Wildman–Crippen MR) is 94.9 cm³/mol. The first-order chi connectivity index (χ1) is 12.7. The molecule has 1 fully saturated rings. The van der Waals surface area contributed by atoms with Gasteiger partial charge in [-0.25, -0.2) is 14.3 Å². The average molecular weight is 354 g/mol. The van der Waals surface area contributed by atoms with Gasteiger partial charge >= 0.3 is 0 Å². The molecule has 1 aliphatic rings. The normalized spacial score (nSPS) is 16.2. The number of likely N-dealkylation sites (tertiary alicyclic amines) is 1. The van der Waals surface area contributed by atoms with Crippen LogP contribution in [0.1, 0.15) is 24.5 Å². The van der Waals surface area contributed by atoms with Crippen LogP contribution < -0.4 is 5.56 Å². The number of aromatic nitrogens is 5. The topological polar surface area (TPSA) is 82.0 Å². The molecule has 3 aromatic heterocycles. The molecule has 8 nitrogen and oxygen atoms in total. The second-order valence-electron chi connectivity index (χ2n) is 6.75. The molecule has 0 unspecified atom stereocenters. The van der Waals surface area contributed by atoms with E-state index in [2.05, 4.69) is 20.1 Å². The van der Waals surface area contributed by atoms with Crippen LogP contribution in [0.4, 0.5) is 0 Å². The Morgan fingerprint density at radius 1 is 1.27 bits per heavy atom. The van der Waals surface area contributed by atoms with Crippen molar-refractivity contribution in [1.29, 1.82) is 0 Å². The molecule has 0 aromatic carbocycles. The van der Waals surface area contributed by atoms with Crippen molar-refractivity contribution in [3.05, 3.63) is 58.8 Å². The Labute approximate surface area is 151 Å². The zero-order valence-electron chi connectivity index (χ0n) is 14.8. The van der Waals surface area contributed by atoms with E-state index in [9.17, 15) is 4.79 Å². The maximum atomic E-state index is 12.2. The van der Waals surface area contributed by atoms with Gasteiger partial charge in [-0.1, -0.05) is 0 Å². The van der Waals surface area contributed by atoms with Gasteiger partial charge in [-0.05, 0) is 50.9 Å². The van der Waals surface area contributed by atoms with Gasteiger partial charge in [-0.2, -0.15) is 5.10 Å². The molecule has 8 heteroatoms. The maximum absolute atomic E-state index is 12.2. The molecule has 0 bridgehead atoms. The SMILES string of the molecule is Cc1cnc(CN2CCC(Cn3nc(-n4cccn4)ccc3=O)CC2)o1. The highest BCUT2D eigenvalue weighted by atomic mass is 16.4. The van der Waals surface area contributed by atoms with Crippen molar-refractivity contribution in [2.24, 2.45) is 5.92 Å². The molecule has 0 aliphatic carbocycles. The summed E-state index contributed by atoms with van der Waals surface area (Å²) in [7, 11) is 0. The Morgan fingerprint density at radius 3 is 2.81 bits per heavy atom. The van der Waals surface area contributed by atoms with E-state index in [0.29, 0.717) is 18.3 Å². The van der Waals surface area contributed by atoms with E-state index in [0.717, 1.165) is 44.1 Å². The van der Waals surface area contributed by atoms with E-state index < -0.39 is 0 Å². The van der Waals surface area contributed by atoms with Gasteiger partial charge in [-0.15, -0.1) is 5.10 Å². The molecule has 3 aromatic rings. The minimum Gasteiger partial charge on any atom is -0.445 e. The summed E-state index contributed by atoms with van der Waals surface area (Å²) in [5.41, 5.74) is -0.0707. The molecule has 0 amide bonds. The van der Waals surface area contributed by atoms with Gasteiger partial charge in [0.15, 0.2) is 5.82 Å². The summed E-state index contributed by atoms with van der Waals surface area (Å²) >= 11 is 0. The van der Waals surface area contributed by atoms with Gasteiger partial charge in [0, 0.05) is 25.0 Å². The summed E-state index contributed by atoms with van der Waals surface area (Å²) in [6.07, 6.45) is 7.33. The number of oxazole rings is 1. The minimum absolute atomic E-state index is 0.0707. The van der Waals surface area contributed by atoms with Gasteiger partial charge < -0.3 is 4.42 Å². The van der Waals surface area contributed by atoms with Crippen molar-refractivity contribution in [2.45, 2.75) is 32.9 Å². The van der Waals surface area contributed by atoms with Crippen LogP contribution in [0.15, 0.2) is 46.0 Å². The second kappa shape index (κ2) is 7.25. The van der Waals surface area contributed by atoms with Crippen molar-refractivity contribution in [3.63, 3.8) is 0 Å². The van der Waals surface area contributed by atoms with Gasteiger partial charge in [0.2, 0.25) is 5.89 Å². The van der Waals surface area contributed by atoms with Crippen LogP contribution in [0.5, 0.6) is 0 Å². The van der Waals surface area contributed by atoms with Crippen LogP contribution in [0.25, 0.3) is 5.82 Å². The Bertz CT molecular complexity index is 906. The van der Waals surface area contributed by atoms with Crippen LogP contribution in [-0.4, -0.2) is 42.5 Å². The molecule has 1 saturated heterocycles. The van der Waals surface area contributed by atoms with E-state index in [-0.39, 0.29) is 5.56 Å². The van der Waals surface area contributed by atoms with Crippen molar-refractivity contribution in [2.75, 3.05) is 13.1 Å². The lowest BCUT2D eigenvalue weighted by Crippen LogP contribution is -2.36. The van der Waals surface area contributed by atoms with E-state index in [1.54, 1.807) is 33.9 Å². The van der Waals surface area contributed by atoms with Gasteiger partial charge in [0.25, 0.3) is 5.56 Å². The zero-order valence-corrected chi connectivity index (χ0v) is 14.8. The molecule has 0 saturated carbocycles. The van der Waals surface area contributed by atoms with Crippen molar-refractivity contribution < 1.29 is 4.42 Å². The van der Waals surface area contributed by atoms with Gasteiger partial charge in [-0.3, -0.25) is 9.69 Å². The summed E-state index contributed by atoms with van der Waals surface area (Å²) < 4.78 is 8.78. The fourth-order valence-electron chi connectivity index (χ4n) is 3.33. The number of nitrogens with zero attached hydrogens (tertiary/aromatic N) is 6. The lowest BCUT2D eigenvalue weighted by molar-refractivity contribution is 0.151. The maximum Gasteiger partial charge on any atom is 0.266 e. The number of aryl methyl sites for hydroxylation is 1.